The average molecular weight is 356 g/mol. The molecule has 1 aliphatic heterocycles. The van der Waals surface area contributed by atoms with Crippen molar-refractivity contribution in [2.75, 3.05) is 7.11 Å². The molecular weight excluding hydrogens is 322 g/mol. The molecule has 0 unspecified atom stereocenters. The molecule has 5 atom stereocenters. The maximum absolute atomic E-state index is 12.6. The van der Waals surface area contributed by atoms with Crippen LogP contribution in [0.15, 0.2) is 0 Å². The van der Waals surface area contributed by atoms with Crippen molar-refractivity contribution < 1.29 is 18.8 Å². The SMILES string of the molecule is CO[C@@H]1CCC[C@H]([C@@H]2NC(=O)[C@@H]2[C@@H](C)O[Si](C)(C)C(C)(C)C)C1=O. The maximum atomic E-state index is 12.6. The smallest absolute Gasteiger partial charge is 0.228 e. The minimum absolute atomic E-state index is 0.0125. The minimum Gasteiger partial charge on any atom is -0.413 e. The van der Waals surface area contributed by atoms with Gasteiger partial charge in [0.25, 0.3) is 0 Å². The van der Waals surface area contributed by atoms with Crippen LogP contribution in [0.4, 0.5) is 0 Å². The van der Waals surface area contributed by atoms with Crippen LogP contribution in [-0.4, -0.2) is 45.4 Å². The summed E-state index contributed by atoms with van der Waals surface area (Å²) in [5.74, 6) is -0.225. The lowest BCUT2D eigenvalue weighted by Crippen LogP contribution is -2.68. The van der Waals surface area contributed by atoms with Crippen molar-refractivity contribution in [2.24, 2.45) is 11.8 Å². The van der Waals surface area contributed by atoms with E-state index in [2.05, 4.69) is 39.2 Å². The number of β-lactam (4-membered cyclic amide) rings is 1. The topological polar surface area (TPSA) is 64.6 Å². The molecule has 0 aromatic rings. The molecular formula is C18H33NO4Si. The number of carbonyl (C=O) groups excluding carboxylic acids is 2. The van der Waals surface area contributed by atoms with Crippen molar-refractivity contribution in [3.8, 4) is 0 Å². The number of Topliss-reactive ketones (excluding diaryl/α,β-unsaturated/α-hetero) is 1. The van der Waals surface area contributed by atoms with E-state index < -0.39 is 8.32 Å². The van der Waals surface area contributed by atoms with Crippen molar-refractivity contribution in [1.82, 2.24) is 5.32 Å². The van der Waals surface area contributed by atoms with Crippen LogP contribution in [0.2, 0.25) is 18.1 Å². The molecule has 2 rings (SSSR count). The third-order valence-corrected chi connectivity index (χ3v) is 10.7. The Balaban J connectivity index is 2.09. The van der Waals surface area contributed by atoms with Crippen molar-refractivity contribution in [3.05, 3.63) is 0 Å². The number of ether oxygens (including phenoxy) is 1. The van der Waals surface area contributed by atoms with E-state index in [1.165, 1.54) is 0 Å². The van der Waals surface area contributed by atoms with Gasteiger partial charge < -0.3 is 14.5 Å². The van der Waals surface area contributed by atoms with Gasteiger partial charge in [0.1, 0.15) is 6.10 Å². The standard InChI is InChI=1S/C18H33NO4Si/c1-11(23-24(6,7)18(2,3)4)14-15(19-17(14)21)12-9-8-10-13(22-5)16(12)20/h11-15H,8-10H2,1-7H3,(H,19,21)/t11-,12-,13-,14-,15+/m1/s1. The Morgan fingerprint density at radius 3 is 2.33 bits per heavy atom. The highest BCUT2D eigenvalue weighted by Crippen LogP contribution is 2.40. The zero-order chi connectivity index (χ0) is 18.3. The van der Waals surface area contributed by atoms with Crippen molar-refractivity contribution in [1.29, 1.82) is 0 Å². The summed E-state index contributed by atoms with van der Waals surface area (Å²) >= 11 is 0. The number of nitrogens with one attached hydrogen (secondary N) is 1. The normalized spacial score (nSPS) is 33.0. The van der Waals surface area contributed by atoms with Crippen molar-refractivity contribution in [2.45, 2.75) is 83.3 Å². The molecule has 0 bridgehead atoms. The quantitative estimate of drug-likeness (QED) is 0.608. The van der Waals surface area contributed by atoms with Gasteiger partial charge in [0, 0.05) is 13.0 Å². The average Bonchev–Trinajstić information content (AvgIpc) is 2.43. The van der Waals surface area contributed by atoms with Crippen LogP contribution in [0.25, 0.3) is 0 Å². The maximum Gasteiger partial charge on any atom is 0.228 e. The molecule has 0 aromatic carbocycles. The summed E-state index contributed by atoms with van der Waals surface area (Å²) in [4.78, 5) is 24.8. The van der Waals surface area contributed by atoms with E-state index in [4.69, 9.17) is 9.16 Å². The molecule has 138 valence electrons. The Hall–Kier alpha value is -0.723. The first kappa shape index (κ1) is 19.6. The van der Waals surface area contributed by atoms with Gasteiger partial charge in [-0.05, 0) is 44.3 Å². The van der Waals surface area contributed by atoms with Crippen LogP contribution in [0, 0.1) is 11.8 Å². The summed E-state index contributed by atoms with van der Waals surface area (Å²) < 4.78 is 11.7. The van der Waals surface area contributed by atoms with Gasteiger partial charge in [-0.15, -0.1) is 0 Å². The zero-order valence-corrected chi connectivity index (χ0v) is 17.1. The molecule has 2 fully saturated rings. The number of carbonyl (C=O) groups is 2. The number of ketones is 1. The Bertz CT molecular complexity index is 500. The van der Waals surface area contributed by atoms with Crippen molar-refractivity contribution >= 4 is 20.0 Å². The molecule has 1 saturated carbocycles. The van der Waals surface area contributed by atoms with Gasteiger partial charge >= 0.3 is 0 Å². The second kappa shape index (κ2) is 6.88. The fourth-order valence-electron chi connectivity index (χ4n) is 3.62. The molecule has 5 nitrogen and oxygen atoms in total. The number of amides is 1. The lowest BCUT2D eigenvalue weighted by Gasteiger charge is -2.48. The van der Waals surface area contributed by atoms with Crippen molar-refractivity contribution in [3.63, 3.8) is 0 Å². The number of hydrogen-bond donors (Lipinski definition) is 1. The third kappa shape index (κ3) is 3.60. The van der Waals surface area contributed by atoms with Gasteiger partial charge in [-0.1, -0.05) is 20.8 Å². The first-order valence-electron chi connectivity index (χ1n) is 9.04. The van der Waals surface area contributed by atoms with E-state index in [1.54, 1.807) is 7.11 Å². The molecule has 1 aliphatic carbocycles. The van der Waals surface area contributed by atoms with Gasteiger partial charge in [-0.2, -0.15) is 0 Å². The highest BCUT2D eigenvalue weighted by atomic mass is 28.4. The molecule has 2 aliphatic rings. The Morgan fingerprint density at radius 1 is 1.21 bits per heavy atom. The summed E-state index contributed by atoms with van der Waals surface area (Å²) in [6, 6.07) is -0.109. The summed E-state index contributed by atoms with van der Waals surface area (Å²) in [6.07, 6.45) is 2.09. The molecule has 0 spiro atoms. The van der Waals surface area contributed by atoms with Crippen LogP contribution in [-0.2, 0) is 18.8 Å². The Morgan fingerprint density at radius 2 is 1.83 bits per heavy atom. The number of hydrogen-bond acceptors (Lipinski definition) is 4. The van der Waals surface area contributed by atoms with E-state index >= 15 is 0 Å². The number of rotatable bonds is 5. The third-order valence-electron chi connectivity index (χ3n) is 6.17. The fourth-order valence-corrected chi connectivity index (χ4v) is 5.05. The summed E-state index contributed by atoms with van der Waals surface area (Å²) in [5, 5.41) is 3.06. The minimum atomic E-state index is -1.95. The Labute approximate surface area is 147 Å². The van der Waals surface area contributed by atoms with E-state index in [-0.39, 0.29) is 46.8 Å². The van der Waals surface area contributed by atoms with Gasteiger partial charge in [-0.3, -0.25) is 9.59 Å². The molecule has 24 heavy (non-hydrogen) atoms. The molecule has 6 heteroatoms. The van der Waals surface area contributed by atoms with Crippen LogP contribution >= 0.6 is 0 Å². The second-order valence-electron chi connectivity index (χ2n) is 8.81. The van der Waals surface area contributed by atoms with Gasteiger partial charge in [0.15, 0.2) is 14.1 Å². The van der Waals surface area contributed by atoms with Crippen LogP contribution in [0.1, 0.15) is 47.0 Å². The predicted molar refractivity (Wildman–Crippen MR) is 96.3 cm³/mol. The molecule has 1 amide bonds. The highest BCUT2D eigenvalue weighted by Gasteiger charge is 2.52. The predicted octanol–water partition coefficient (Wildman–Crippen LogP) is 2.90. The van der Waals surface area contributed by atoms with Crippen LogP contribution in [0.3, 0.4) is 0 Å². The lowest BCUT2D eigenvalue weighted by molar-refractivity contribution is -0.149. The summed E-state index contributed by atoms with van der Waals surface area (Å²) in [7, 11) is -0.361. The monoisotopic (exact) mass is 355 g/mol. The van der Waals surface area contributed by atoms with E-state index in [0.717, 1.165) is 19.3 Å². The summed E-state index contributed by atoms with van der Waals surface area (Å²) in [6.45, 7) is 13.0. The second-order valence-corrected chi connectivity index (χ2v) is 13.6. The highest BCUT2D eigenvalue weighted by molar-refractivity contribution is 6.74. The van der Waals surface area contributed by atoms with E-state index in [0.29, 0.717) is 0 Å². The van der Waals surface area contributed by atoms with Crippen LogP contribution in [0.5, 0.6) is 0 Å². The molecule has 0 radical (unpaired) electrons. The molecule has 0 aromatic heterocycles. The van der Waals surface area contributed by atoms with Gasteiger partial charge in [0.05, 0.1) is 18.1 Å². The zero-order valence-electron chi connectivity index (χ0n) is 16.1. The molecule has 1 N–H and O–H groups in total. The summed E-state index contributed by atoms with van der Waals surface area (Å²) in [5.41, 5.74) is 0. The van der Waals surface area contributed by atoms with Gasteiger partial charge in [-0.25, -0.2) is 0 Å². The van der Waals surface area contributed by atoms with E-state index in [1.807, 2.05) is 6.92 Å². The lowest BCUT2D eigenvalue weighted by atomic mass is 9.71. The molecule has 1 saturated heterocycles. The van der Waals surface area contributed by atoms with Crippen LogP contribution < -0.4 is 5.32 Å². The fraction of sp³-hybridized carbons (Fsp3) is 0.889. The first-order valence-corrected chi connectivity index (χ1v) is 11.9. The largest absolute Gasteiger partial charge is 0.413 e. The molecule has 1 heterocycles. The number of methoxy groups -OCH3 is 1. The Kier molecular flexibility index (Phi) is 5.62. The van der Waals surface area contributed by atoms with Gasteiger partial charge in [0.2, 0.25) is 5.91 Å². The first-order chi connectivity index (χ1) is 11.0. The van der Waals surface area contributed by atoms with E-state index in [9.17, 15) is 9.59 Å².